The standard InChI is InChI=1S/C13H16BrFN2S2/c1-19-6-4-2-3-5-17-12-7-9(14)10(15)8-11(12)16-13(17)18/h7-8H,2-6H2,1H3,(H,16,18). The molecule has 2 nitrogen and oxygen atoms in total. The summed E-state index contributed by atoms with van der Waals surface area (Å²) in [6.07, 6.45) is 5.64. The van der Waals surface area contributed by atoms with E-state index >= 15 is 0 Å². The molecule has 0 bridgehead atoms. The van der Waals surface area contributed by atoms with Crippen LogP contribution in [0.15, 0.2) is 16.6 Å². The van der Waals surface area contributed by atoms with E-state index in [4.69, 9.17) is 12.2 Å². The third-order valence-corrected chi connectivity index (χ3v) is 4.67. The van der Waals surface area contributed by atoms with Crippen molar-refractivity contribution in [3.05, 3.63) is 27.2 Å². The van der Waals surface area contributed by atoms with Crippen LogP contribution >= 0.6 is 39.9 Å². The normalized spacial score (nSPS) is 11.3. The first kappa shape index (κ1) is 15.1. The van der Waals surface area contributed by atoms with Crippen molar-refractivity contribution in [1.29, 1.82) is 0 Å². The molecule has 0 radical (unpaired) electrons. The average Bonchev–Trinajstić information content (AvgIpc) is 2.66. The minimum absolute atomic E-state index is 0.268. The summed E-state index contributed by atoms with van der Waals surface area (Å²) in [5.41, 5.74) is 1.72. The van der Waals surface area contributed by atoms with Gasteiger partial charge in [0.1, 0.15) is 5.82 Å². The quantitative estimate of drug-likeness (QED) is 0.567. The van der Waals surface area contributed by atoms with Crippen molar-refractivity contribution in [2.45, 2.75) is 25.8 Å². The summed E-state index contributed by atoms with van der Waals surface area (Å²) in [5.74, 6) is 0.937. The van der Waals surface area contributed by atoms with Crippen molar-refractivity contribution >= 4 is 50.9 Å². The minimum Gasteiger partial charge on any atom is -0.330 e. The molecule has 2 aromatic rings. The zero-order valence-electron chi connectivity index (χ0n) is 10.7. The first-order chi connectivity index (χ1) is 9.13. The van der Waals surface area contributed by atoms with E-state index in [-0.39, 0.29) is 5.82 Å². The van der Waals surface area contributed by atoms with E-state index in [0.717, 1.165) is 24.0 Å². The number of H-pyrrole nitrogens is 1. The fraction of sp³-hybridized carbons (Fsp3) is 0.462. The van der Waals surface area contributed by atoms with Crippen LogP contribution in [-0.2, 0) is 6.54 Å². The third-order valence-electron chi connectivity index (χ3n) is 3.05. The molecule has 0 spiro atoms. The largest absolute Gasteiger partial charge is 0.330 e. The molecule has 2 rings (SSSR count). The Balaban J connectivity index is 2.16. The third kappa shape index (κ3) is 3.61. The van der Waals surface area contributed by atoms with Gasteiger partial charge in [-0.25, -0.2) is 4.39 Å². The Kier molecular flexibility index (Phi) is 5.47. The van der Waals surface area contributed by atoms with Gasteiger partial charge in [0.15, 0.2) is 4.77 Å². The van der Waals surface area contributed by atoms with Crippen molar-refractivity contribution in [1.82, 2.24) is 9.55 Å². The van der Waals surface area contributed by atoms with Gasteiger partial charge >= 0.3 is 0 Å². The number of aromatic amines is 1. The van der Waals surface area contributed by atoms with Gasteiger partial charge in [-0.15, -0.1) is 0 Å². The molecule has 0 saturated carbocycles. The number of unbranched alkanes of at least 4 members (excludes halogenated alkanes) is 2. The Morgan fingerprint density at radius 2 is 2.16 bits per heavy atom. The molecule has 0 saturated heterocycles. The van der Waals surface area contributed by atoms with Crippen LogP contribution in [0.5, 0.6) is 0 Å². The predicted octanol–water partition coefficient (Wildman–Crippen LogP) is 5.13. The van der Waals surface area contributed by atoms with Gasteiger partial charge in [-0.2, -0.15) is 11.8 Å². The lowest BCUT2D eigenvalue weighted by Crippen LogP contribution is -1.98. The molecule has 0 atom stereocenters. The molecule has 1 heterocycles. The minimum atomic E-state index is -0.268. The predicted molar refractivity (Wildman–Crippen MR) is 87.0 cm³/mol. The number of thioether (sulfide) groups is 1. The number of halogens is 2. The fourth-order valence-electron chi connectivity index (χ4n) is 2.07. The van der Waals surface area contributed by atoms with Crippen molar-refractivity contribution in [2.75, 3.05) is 12.0 Å². The second-order valence-corrected chi connectivity index (χ2v) is 6.65. The summed E-state index contributed by atoms with van der Waals surface area (Å²) in [7, 11) is 0. The zero-order valence-corrected chi connectivity index (χ0v) is 13.9. The van der Waals surface area contributed by atoms with Crippen molar-refractivity contribution in [3.8, 4) is 0 Å². The maximum absolute atomic E-state index is 13.5. The highest BCUT2D eigenvalue weighted by Crippen LogP contribution is 2.23. The smallest absolute Gasteiger partial charge is 0.178 e. The van der Waals surface area contributed by atoms with Crippen LogP contribution in [0.3, 0.4) is 0 Å². The Bertz CT molecular complexity index is 621. The molecule has 1 aromatic heterocycles. The molecule has 1 N–H and O–H groups in total. The van der Waals surface area contributed by atoms with Gasteiger partial charge < -0.3 is 9.55 Å². The van der Waals surface area contributed by atoms with Crippen LogP contribution in [0.1, 0.15) is 19.3 Å². The molecule has 0 aliphatic rings. The molecule has 0 fully saturated rings. The molecule has 0 aliphatic heterocycles. The number of benzene rings is 1. The lowest BCUT2D eigenvalue weighted by Gasteiger charge is -2.05. The van der Waals surface area contributed by atoms with E-state index in [9.17, 15) is 4.39 Å². The number of nitrogens with one attached hydrogen (secondary N) is 1. The van der Waals surface area contributed by atoms with Gasteiger partial charge in [-0.3, -0.25) is 0 Å². The highest BCUT2D eigenvalue weighted by Gasteiger charge is 2.08. The lowest BCUT2D eigenvalue weighted by molar-refractivity contribution is 0.609. The van der Waals surface area contributed by atoms with Crippen molar-refractivity contribution in [2.24, 2.45) is 0 Å². The van der Waals surface area contributed by atoms with Crippen LogP contribution in [0.4, 0.5) is 4.39 Å². The topological polar surface area (TPSA) is 20.7 Å². The van der Waals surface area contributed by atoms with Crippen LogP contribution in [0.2, 0.25) is 0 Å². The second-order valence-electron chi connectivity index (χ2n) is 4.42. The number of fused-ring (bicyclic) bond motifs is 1. The van der Waals surface area contributed by atoms with E-state index in [2.05, 4.69) is 27.2 Å². The number of aromatic nitrogens is 2. The van der Waals surface area contributed by atoms with Crippen LogP contribution in [0, 0.1) is 10.6 Å². The average molecular weight is 363 g/mol. The number of imidazole rings is 1. The maximum atomic E-state index is 13.5. The van der Waals surface area contributed by atoms with E-state index in [1.54, 1.807) is 6.07 Å². The Labute approximate surface area is 129 Å². The summed E-state index contributed by atoms with van der Waals surface area (Å²) in [6, 6.07) is 3.28. The Hall–Kier alpha value is -0.330. The van der Waals surface area contributed by atoms with Gasteiger partial charge in [0.2, 0.25) is 0 Å². The van der Waals surface area contributed by atoms with Crippen LogP contribution in [0.25, 0.3) is 11.0 Å². The lowest BCUT2D eigenvalue weighted by atomic mass is 10.2. The van der Waals surface area contributed by atoms with Gasteiger partial charge in [-0.1, -0.05) is 6.42 Å². The highest BCUT2D eigenvalue weighted by atomic mass is 79.9. The van der Waals surface area contributed by atoms with Gasteiger partial charge in [0, 0.05) is 12.6 Å². The Morgan fingerprint density at radius 3 is 2.89 bits per heavy atom. The van der Waals surface area contributed by atoms with Gasteiger partial charge in [0.25, 0.3) is 0 Å². The molecular weight excluding hydrogens is 347 g/mol. The number of hydrogen-bond donors (Lipinski definition) is 1. The molecule has 6 heteroatoms. The molecule has 1 aromatic carbocycles. The Morgan fingerprint density at radius 1 is 1.37 bits per heavy atom. The van der Waals surface area contributed by atoms with Crippen LogP contribution in [-0.4, -0.2) is 21.6 Å². The molecule has 0 amide bonds. The first-order valence-corrected chi connectivity index (χ1v) is 8.79. The zero-order chi connectivity index (χ0) is 13.8. The van der Waals surface area contributed by atoms with E-state index in [1.165, 1.54) is 24.7 Å². The van der Waals surface area contributed by atoms with Crippen LogP contribution < -0.4 is 0 Å². The number of rotatable bonds is 6. The first-order valence-electron chi connectivity index (χ1n) is 6.20. The summed E-state index contributed by atoms with van der Waals surface area (Å²) >= 11 is 10.4. The van der Waals surface area contributed by atoms with E-state index in [1.807, 2.05) is 16.3 Å². The monoisotopic (exact) mass is 362 g/mol. The second kappa shape index (κ2) is 6.90. The highest BCUT2D eigenvalue weighted by molar-refractivity contribution is 9.10. The molecule has 19 heavy (non-hydrogen) atoms. The van der Waals surface area contributed by atoms with Gasteiger partial charge in [-0.05, 0) is 59.1 Å². The summed E-state index contributed by atoms with van der Waals surface area (Å²) in [4.78, 5) is 3.06. The SMILES string of the molecule is CSCCCCCn1c(=S)[nH]c2cc(F)c(Br)cc21. The fourth-order valence-corrected chi connectivity index (χ4v) is 3.19. The molecule has 0 aliphatic carbocycles. The van der Waals surface area contributed by atoms with E-state index in [0.29, 0.717) is 9.24 Å². The van der Waals surface area contributed by atoms with Gasteiger partial charge in [0.05, 0.1) is 15.5 Å². The number of aryl methyl sites for hydroxylation is 1. The maximum Gasteiger partial charge on any atom is 0.178 e. The number of nitrogens with zero attached hydrogens (tertiary/aromatic N) is 1. The summed E-state index contributed by atoms with van der Waals surface area (Å²) < 4.78 is 16.7. The summed E-state index contributed by atoms with van der Waals surface area (Å²) in [6.45, 7) is 0.880. The summed E-state index contributed by atoms with van der Waals surface area (Å²) in [5, 5.41) is 0. The van der Waals surface area contributed by atoms with Crippen molar-refractivity contribution < 1.29 is 4.39 Å². The van der Waals surface area contributed by atoms with E-state index < -0.39 is 0 Å². The molecule has 0 unspecified atom stereocenters. The number of hydrogen-bond acceptors (Lipinski definition) is 2. The molecule has 104 valence electrons. The molecular formula is C13H16BrFN2S2. The van der Waals surface area contributed by atoms with Crippen molar-refractivity contribution in [3.63, 3.8) is 0 Å².